The summed E-state index contributed by atoms with van der Waals surface area (Å²) >= 11 is 1.35. The Morgan fingerprint density at radius 1 is 1.23 bits per heavy atom. The summed E-state index contributed by atoms with van der Waals surface area (Å²) in [5.41, 5.74) is 1.47. The van der Waals surface area contributed by atoms with Gasteiger partial charge in [0.05, 0.1) is 47.0 Å². The van der Waals surface area contributed by atoms with Gasteiger partial charge in [0.15, 0.2) is 0 Å². The number of ether oxygens (including phenoxy) is 2. The number of rotatable bonds is 8. The normalized spacial score (nSPS) is 22.5. The van der Waals surface area contributed by atoms with E-state index in [1.54, 1.807) is 30.3 Å². The predicted octanol–water partition coefficient (Wildman–Crippen LogP) is 1.20. The number of carbonyl (C=O) groups excluding carboxylic acids is 2. The van der Waals surface area contributed by atoms with Gasteiger partial charge in [0.2, 0.25) is 11.8 Å². The molecule has 39 heavy (non-hydrogen) atoms. The summed E-state index contributed by atoms with van der Waals surface area (Å²) in [6, 6.07) is 7.84. The van der Waals surface area contributed by atoms with Crippen molar-refractivity contribution in [2.24, 2.45) is 0 Å². The number of aliphatic hydroxyl groups is 3. The van der Waals surface area contributed by atoms with Crippen LogP contribution in [-0.4, -0.2) is 85.9 Å². The van der Waals surface area contributed by atoms with Crippen LogP contribution in [-0.2, 0) is 9.53 Å². The SMILES string of the molecule is COc1ccc2nccc([C@@H](O)[C@H](O)[C@@H]3CC[C@@H](NC(=O)c4ccc5c(n4)NC(=O)CS5)[C@@H](CCO)O3)c2n1. The number of aromatic nitrogens is 3. The number of hydrogen-bond acceptors (Lipinski definition) is 11. The monoisotopic (exact) mass is 555 g/mol. The molecule has 5 N–H and O–H groups in total. The third-order valence-corrected chi connectivity index (χ3v) is 7.87. The van der Waals surface area contributed by atoms with Crippen molar-refractivity contribution in [3.05, 3.63) is 47.8 Å². The second-order valence-corrected chi connectivity index (χ2v) is 10.3. The van der Waals surface area contributed by atoms with Crippen LogP contribution in [0.2, 0.25) is 0 Å². The van der Waals surface area contributed by atoms with E-state index in [2.05, 4.69) is 25.6 Å². The molecule has 5 rings (SSSR count). The first-order valence-corrected chi connectivity index (χ1v) is 13.5. The summed E-state index contributed by atoms with van der Waals surface area (Å²) < 4.78 is 11.3. The molecule has 13 heteroatoms. The molecule has 2 aliphatic rings. The van der Waals surface area contributed by atoms with Gasteiger partial charge in [0, 0.05) is 24.4 Å². The molecule has 0 spiro atoms. The topological polar surface area (TPSA) is 176 Å². The van der Waals surface area contributed by atoms with Gasteiger partial charge in [-0.2, -0.15) is 0 Å². The van der Waals surface area contributed by atoms with Crippen LogP contribution in [0.5, 0.6) is 5.88 Å². The maximum absolute atomic E-state index is 13.0. The van der Waals surface area contributed by atoms with Crippen molar-refractivity contribution in [3.8, 4) is 5.88 Å². The Kier molecular flexibility index (Phi) is 8.23. The highest BCUT2D eigenvalue weighted by Crippen LogP contribution is 2.33. The molecule has 3 aromatic heterocycles. The number of nitrogens with zero attached hydrogens (tertiary/aromatic N) is 3. The molecule has 0 aromatic carbocycles. The lowest BCUT2D eigenvalue weighted by atomic mass is 9.90. The highest BCUT2D eigenvalue weighted by molar-refractivity contribution is 8.00. The molecular weight excluding hydrogens is 526 g/mol. The number of anilines is 1. The third kappa shape index (κ3) is 5.82. The zero-order valence-corrected chi connectivity index (χ0v) is 21.9. The molecule has 2 aliphatic heterocycles. The fraction of sp³-hybridized carbons (Fsp3) is 0.423. The van der Waals surface area contributed by atoms with Crippen molar-refractivity contribution >= 4 is 40.4 Å². The van der Waals surface area contributed by atoms with Crippen molar-refractivity contribution in [3.63, 3.8) is 0 Å². The minimum Gasteiger partial charge on any atom is -0.481 e. The van der Waals surface area contributed by atoms with Crippen molar-refractivity contribution in [1.82, 2.24) is 20.3 Å². The van der Waals surface area contributed by atoms with E-state index in [1.807, 2.05) is 0 Å². The van der Waals surface area contributed by atoms with Gasteiger partial charge in [-0.25, -0.2) is 9.97 Å². The molecule has 0 saturated carbocycles. The van der Waals surface area contributed by atoms with Gasteiger partial charge >= 0.3 is 0 Å². The molecule has 0 radical (unpaired) electrons. The van der Waals surface area contributed by atoms with Crippen LogP contribution in [0.15, 0.2) is 41.4 Å². The molecule has 5 atom stereocenters. The number of carbonyl (C=O) groups is 2. The minimum absolute atomic E-state index is 0.143. The number of hydrogen-bond donors (Lipinski definition) is 5. The fourth-order valence-corrected chi connectivity index (χ4v) is 5.59. The molecule has 12 nitrogen and oxygen atoms in total. The number of aliphatic hydroxyl groups excluding tert-OH is 3. The average molecular weight is 556 g/mol. The smallest absolute Gasteiger partial charge is 0.270 e. The zero-order chi connectivity index (χ0) is 27.5. The highest BCUT2D eigenvalue weighted by atomic mass is 32.2. The van der Waals surface area contributed by atoms with Crippen LogP contribution >= 0.6 is 11.8 Å². The van der Waals surface area contributed by atoms with E-state index < -0.39 is 36.4 Å². The van der Waals surface area contributed by atoms with Gasteiger partial charge in [-0.05, 0) is 43.5 Å². The number of fused-ring (bicyclic) bond motifs is 2. The molecule has 0 unspecified atom stereocenters. The summed E-state index contributed by atoms with van der Waals surface area (Å²) in [6.07, 6.45) is -1.47. The van der Waals surface area contributed by atoms with Crippen molar-refractivity contribution in [2.45, 2.75) is 54.6 Å². The Balaban J connectivity index is 1.28. The number of pyridine rings is 3. The van der Waals surface area contributed by atoms with E-state index in [0.29, 0.717) is 46.9 Å². The highest BCUT2D eigenvalue weighted by Gasteiger charge is 2.38. The van der Waals surface area contributed by atoms with Crippen molar-refractivity contribution in [2.75, 3.05) is 24.8 Å². The van der Waals surface area contributed by atoms with E-state index >= 15 is 0 Å². The van der Waals surface area contributed by atoms with Gasteiger partial charge in [-0.15, -0.1) is 11.8 Å². The van der Waals surface area contributed by atoms with Gasteiger partial charge in [-0.3, -0.25) is 14.6 Å². The van der Waals surface area contributed by atoms with Crippen LogP contribution < -0.4 is 15.4 Å². The van der Waals surface area contributed by atoms with Crippen molar-refractivity contribution < 1.29 is 34.4 Å². The molecule has 1 fully saturated rings. The molecular formula is C26H29N5O7S. The average Bonchev–Trinajstić information content (AvgIpc) is 2.96. The molecule has 5 heterocycles. The Labute approximate surface area is 228 Å². The quantitative estimate of drug-likeness (QED) is 0.270. The van der Waals surface area contributed by atoms with E-state index in [-0.39, 0.29) is 24.6 Å². The lowest BCUT2D eigenvalue weighted by Crippen LogP contribution is -2.52. The second kappa shape index (κ2) is 11.8. The van der Waals surface area contributed by atoms with E-state index in [9.17, 15) is 24.9 Å². The van der Waals surface area contributed by atoms with E-state index in [4.69, 9.17) is 9.47 Å². The molecule has 206 valence electrons. The van der Waals surface area contributed by atoms with E-state index in [1.165, 1.54) is 25.1 Å². The number of nitrogens with one attached hydrogen (secondary N) is 2. The van der Waals surface area contributed by atoms with Gasteiger partial charge in [0.1, 0.15) is 23.7 Å². The maximum atomic E-state index is 13.0. The minimum atomic E-state index is -1.33. The van der Waals surface area contributed by atoms with Gasteiger partial charge < -0.3 is 35.4 Å². The van der Waals surface area contributed by atoms with Crippen molar-refractivity contribution in [1.29, 1.82) is 0 Å². The number of amides is 2. The number of methoxy groups -OCH3 is 1. The summed E-state index contributed by atoms with van der Waals surface area (Å²) in [5, 5.41) is 37.4. The third-order valence-electron chi connectivity index (χ3n) is 6.82. The molecule has 3 aromatic rings. The maximum Gasteiger partial charge on any atom is 0.270 e. The molecule has 1 saturated heterocycles. The van der Waals surface area contributed by atoms with Gasteiger partial charge in [-0.1, -0.05) is 0 Å². The number of thioether (sulfide) groups is 1. The first-order chi connectivity index (χ1) is 18.9. The van der Waals surface area contributed by atoms with Crippen LogP contribution in [0.3, 0.4) is 0 Å². The molecule has 0 bridgehead atoms. The largest absolute Gasteiger partial charge is 0.481 e. The fourth-order valence-electron chi connectivity index (χ4n) is 4.83. The lowest BCUT2D eigenvalue weighted by Gasteiger charge is -2.39. The van der Waals surface area contributed by atoms with Crippen LogP contribution in [0.25, 0.3) is 11.0 Å². The predicted molar refractivity (Wildman–Crippen MR) is 141 cm³/mol. The summed E-state index contributed by atoms with van der Waals surface area (Å²) in [6.45, 7) is -0.193. The zero-order valence-electron chi connectivity index (χ0n) is 21.1. The first-order valence-electron chi connectivity index (χ1n) is 12.5. The lowest BCUT2D eigenvalue weighted by molar-refractivity contribution is -0.148. The molecule has 2 amide bonds. The summed E-state index contributed by atoms with van der Waals surface area (Å²) in [7, 11) is 1.49. The summed E-state index contributed by atoms with van der Waals surface area (Å²) in [5.74, 6) is 0.378. The molecule has 0 aliphatic carbocycles. The Morgan fingerprint density at radius 3 is 2.87 bits per heavy atom. The Morgan fingerprint density at radius 2 is 2.08 bits per heavy atom. The standard InChI is InChI=1S/C26H29N5O7S/c1-37-21-7-4-15-22(31-21)13(8-10-27-15)23(34)24(35)18-5-2-14(17(38-18)9-11-32)29-26(36)16-3-6-19-25(28-16)30-20(33)12-39-19/h3-4,6-8,10,14,17-18,23-24,32,34-35H,2,5,9,11-12H2,1H3,(H,29,36)(H,28,30,33)/t14-,17-,18+,23-,24-/m1/s1. The van der Waals surface area contributed by atoms with Crippen LogP contribution in [0, 0.1) is 0 Å². The van der Waals surface area contributed by atoms with E-state index in [0.717, 1.165) is 4.90 Å². The second-order valence-electron chi connectivity index (χ2n) is 9.32. The van der Waals surface area contributed by atoms with Gasteiger partial charge in [0.25, 0.3) is 5.91 Å². The van der Waals surface area contributed by atoms with Crippen LogP contribution in [0.4, 0.5) is 5.82 Å². The Bertz CT molecular complexity index is 1380. The van der Waals surface area contributed by atoms with Crippen LogP contribution in [0.1, 0.15) is 41.4 Å². The summed E-state index contributed by atoms with van der Waals surface area (Å²) in [4.78, 5) is 38.4. The Hall–Kier alpha value is -3.36. The first kappa shape index (κ1) is 27.2.